The molecule has 0 fully saturated rings. The van der Waals surface area contributed by atoms with E-state index >= 15 is 0 Å². The lowest BCUT2D eigenvalue weighted by Crippen LogP contribution is -2.20. The first-order valence-electron chi connectivity index (χ1n) is 6.90. The number of hydrogen-bond donors (Lipinski definition) is 1. The van der Waals surface area contributed by atoms with E-state index in [-0.39, 0.29) is 5.91 Å². The fourth-order valence-electron chi connectivity index (χ4n) is 1.95. The van der Waals surface area contributed by atoms with Gasteiger partial charge in [0.25, 0.3) is 5.91 Å². The molecule has 0 aliphatic rings. The van der Waals surface area contributed by atoms with Gasteiger partial charge in [-0.25, -0.2) is 5.43 Å². The first-order valence-corrected chi connectivity index (χ1v) is 7.66. The van der Waals surface area contributed by atoms with Crippen LogP contribution in [0.3, 0.4) is 0 Å². The Bertz CT molecular complexity index is 709. The number of halogens is 2. The molecule has 2 aromatic carbocycles. The van der Waals surface area contributed by atoms with Crippen LogP contribution < -0.4 is 5.43 Å². The Morgan fingerprint density at radius 3 is 2.41 bits per heavy atom. The summed E-state index contributed by atoms with van der Waals surface area (Å²) in [5, 5.41) is 4.99. The predicted octanol–water partition coefficient (Wildman–Crippen LogP) is 4.85. The number of benzene rings is 2. The van der Waals surface area contributed by atoms with Crippen LogP contribution in [0, 0.1) is 6.92 Å². The minimum absolute atomic E-state index is 0.300. The second kappa shape index (κ2) is 7.43. The summed E-state index contributed by atoms with van der Waals surface area (Å²) in [5.41, 5.74) is 5.85. The second-order valence-electron chi connectivity index (χ2n) is 4.84. The molecule has 0 saturated carbocycles. The third-order valence-electron chi connectivity index (χ3n) is 3.19. The molecule has 22 heavy (non-hydrogen) atoms. The number of nitrogens with one attached hydrogen (secondary N) is 1. The Morgan fingerprint density at radius 2 is 1.82 bits per heavy atom. The number of nitrogens with zero attached hydrogens (tertiary/aromatic N) is 1. The summed E-state index contributed by atoms with van der Waals surface area (Å²) < 4.78 is 0. The third kappa shape index (κ3) is 4.09. The van der Waals surface area contributed by atoms with E-state index in [1.54, 1.807) is 12.1 Å². The van der Waals surface area contributed by atoms with Crippen molar-refractivity contribution in [3.63, 3.8) is 0 Å². The fraction of sp³-hybridized carbons (Fsp3) is 0.176. The van der Waals surface area contributed by atoms with Gasteiger partial charge in [-0.2, -0.15) is 5.10 Å². The summed E-state index contributed by atoms with van der Waals surface area (Å²) in [6.07, 6.45) is 0.706. The van der Waals surface area contributed by atoms with E-state index in [2.05, 4.69) is 10.5 Å². The highest BCUT2D eigenvalue weighted by atomic mass is 35.5. The number of carbonyl (C=O) groups is 1. The molecule has 0 aliphatic carbocycles. The molecule has 0 radical (unpaired) electrons. The molecule has 0 saturated heterocycles. The molecular weight excluding hydrogens is 319 g/mol. The molecule has 0 atom stereocenters. The van der Waals surface area contributed by atoms with Gasteiger partial charge in [0.05, 0.1) is 16.3 Å². The first-order chi connectivity index (χ1) is 10.5. The van der Waals surface area contributed by atoms with Gasteiger partial charge in [-0.3, -0.25) is 4.79 Å². The second-order valence-corrected chi connectivity index (χ2v) is 5.69. The monoisotopic (exact) mass is 334 g/mol. The van der Waals surface area contributed by atoms with Crippen LogP contribution >= 0.6 is 23.2 Å². The first kappa shape index (κ1) is 16.5. The number of hydrogen-bond acceptors (Lipinski definition) is 2. The van der Waals surface area contributed by atoms with Gasteiger partial charge in [0.1, 0.15) is 0 Å². The van der Waals surface area contributed by atoms with Crippen LogP contribution in [0.2, 0.25) is 10.0 Å². The van der Waals surface area contributed by atoms with Gasteiger partial charge in [0.2, 0.25) is 0 Å². The zero-order chi connectivity index (χ0) is 16.1. The predicted molar refractivity (Wildman–Crippen MR) is 91.9 cm³/mol. The number of aryl methyl sites for hydroxylation is 1. The van der Waals surface area contributed by atoms with E-state index < -0.39 is 0 Å². The summed E-state index contributed by atoms with van der Waals surface area (Å²) in [6, 6.07) is 12.7. The molecular formula is C17H16Cl2N2O. The topological polar surface area (TPSA) is 41.5 Å². The molecule has 0 spiro atoms. The van der Waals surface area contributed by atoms with E-state index in [1.165, 1.54) is 11.6 Å². The van der Waals surface area contributed by atoms with Crippen LogP contribution in [0.1, 0.15) is 34.8 Å². The Hall–Kier alpha value is -1.84. The van der Waals surface area contributed by atoms with Crippen molar-refractivity contribution in [2.45, 2.75) is 20.3 Å². The van der Waals surface area contributed by atoms with Gasteiger partial charge in [0, 0.05) is 5.02 Å². The molecule has 1 N–H and O–H groups in total. The van der Waals surface area contributed by atoms with Crippen molar-refractivity contribution in [2.75, 3.05) is 0 Å². The molecule has 1 amide bonds. The van der Waals surface area contributed by atoms with Crippen LogP contribution in [0.15, 0.2) is 47.6 Å². The minimum atomic E-state index is -0.361. The van der Waals surface area contributed by atoms with Crippen molar-refractivity contribution in [2.24, 2.45) is 5.10 Å². The molecule has 0 aromatic heterocycles. The van der Waals surface area contributed by atoms with Crippen molar-refractivity contribution < 1.29 is 4.79 Å². The maximum Gasteiger partial charge on any atom is 0.272 e. The molecule has 0 bridgehead atoms. The van der Waals surface area contributed by atoms with Crippen molar-refractivity contribution >= 4 is 34.8 Å². The molecule has 3 nitrogen and oxygen atoms in total. The highest BCUT2D eigenvalue weighted by molar-refractivity contribution is 6.36. The summed E-state index contributed by atoms with van der Waals surface area (Å²) in [7, 11) is 0. The van der Waals surface area contributed by atoms with Crippen LogP contribution in [-0.4, -0.2) is 11.6 Å². The molecule has 2 rings (SSSR count). The molecule has 5 heteroatoms. The van der Waals surface area contributed by atoms with Gasteiger partial charge < -0.3 is 0 Å². The zero-order valence-electron chi connectivity index (χ0n) is 12.4. The third-order valence-corrected chi connectivity index (χ3v) is 3.74. The number of carbonyl (C=O) groups excluding carboxylic acids is 1. The Morgan fingerprint density at radius 1 is 1.14 bits per heavy atom. The van der Waals surface area contributed by atoms with Crippen LogP contribution in [0.25, 0.3) is 0 Å². The summed E-state index contributed by atoms with van der Waals surface area (Å²) in [4.78, 5) is 12.1. The summed E-state index contributed by atoms with van der Waals surface area (Å²) >= 11 is 11.8. The zero-order valence-corrected chi connectivity index (χ0v) is 13.9. The average molecular weight is 335 g/mol. The number of hydrazone groups is 1. The smallest absolute Gasteiger partial charge is 0.267 e. The molecule has 0 unspecified atom stereocenters. The lowest BCUT2D eigenvalue weighted by Gasteiger charge is -2.07. The quantitative estimate of drug-likeness (QED) is 0.630. The normalized spacial score (nSPS) is 11.4. The van der Waals surface area contributed by atoms with Gasteiger partial charge >= 0.3 is 0 Å². The van der Waals surface area contributed by atoms with Crippen molar-refractivity contribution in [1.29, 1.82) is 0 Å². The molecule has 0 heterocycles. The van der Waals surface area contributed by atoms with E-state index in [1.807, 2.05) is 38.1 Å². The van der Waals surface area contributed by atoms with Crippen LogP contribution in [-0.2, 0) is 0 Å². The lowest BCUT2D eigenvalue weighted by molar-refractivity contribution is 0.0955. The van der Waals surface area contributed by atoms with Gasteiger partial charge in [-0.15, -0.1) is 0 Å². The van der Waals surface area contributed by atoms with Crippen molar-refractivity contribution in [3.05, 3.63) is 69.2 Å². The van der Waals surface area contributed by atoms with Gasteiger partial charge in [-0.05, 0) is 37.1 Å². The van der Waals surface area contributed by atoms with E-state index in [0.29, 0.717) is 22.0 Å². The molecule has 0 aliphatic heterocycles. The molecule has 114 valence electrons. The molecule has 2 aromatic rings. The number of rotatable bonds is 4. The van der Waals surface area contributed by atoms with E-state index in [4.69, 9.17) is 23.2 Å². The fourth-order valence-corrected chi connectivity index (χ4v) is 2.44. The Labute approximate surface area is 139 Å². The van der Waals surface area contributed by atoms with Crippen LogP contribution in [0.4, 0.5) is 0 Å². The van der Waals surface area contributed by atoms with Gasteiger partial charge in [0.15, 0.2) is 0 Å². The Balaban J connectivity index is 2.17. The maximum atomic E-state index is 12.1. The van der Waals surface area contributed by atoms with Crippen LogP contribution in [0.5, 0.6) is 0 Å². The maximum absolute atomic E-state index is 12.1. The van der Waals surface area contributed by atoms with E-state index in [0.717, 1.165) is 11.3 Å². The highest BCUT2D eigenvalue weighted by Gasteiger charge is 2.10. The Kier molecular flexibility index (Phi) is 5.58. The summed E-state index contributed by atoms with van der Waals surface area (Å²) in [5.74, 6) is -0.361. The standard InChI is InChI=1S/C17H16Cl2N2O/c1-3-16(12-6-4-11(2)5-7-12)20-21-17(22)14-9-8-13(18)10-15(14)19/h4-10H,3H2,1-2H3,(H,21,22)/b20-16+. The highest BCUT2D eigenvalue weighted by Crippen LogP contribution is 2.20. The van der Waals surface area contributed by atoms with E-state index in [9.17, 15) is 4.79 Å². The number of amides is 1. The average Bonchev–Trinajstić information content (AvgIpc) is 2.49. The lowest BCUT2D eigenvalue weighted by atomic mass is 10.1. The SMILES string of the molecule is CC/C(=N\NC(=O)c1ccc(Cl)cc1Cl)c1ccc(C)cc1. The summed E-state index contributed by atoms with van der Waals surface area (Å²) in [6.45, 7) is 4.01. The van der Waals surface area contributed by atoms with Gasteiger partial charge in [-0.1, -0.05) is 60.0 Å². The minimum Gasteiger partial charge on any atom is -0.267 e. The van der Waals surface area contributed by atoms with Crippen molar-refractivity contribution in [1.82, 2.24) is 5.43 Å². The van der Waals surface area contributed by atoms with Crippen molar-refractivity contribution in [3.8, 4) is 0 Å². The largest absolute Gasteiger partial charge is 0.272 e.